The second-order valence-electron chi connectivity index (χ2n) is 4.63. The highest BCUT2D eigenvalue weighted by Crippen LogP contribution is 2.33. The molecule has 23 heavy (non-hydrogen) atoms. The minimum Gasteiger partial charge on any atom is -0.279 e. The van der Waals surface area contributed by atoms with Gasteiger partial charge in [-0.2, -0.15) is 0 Å². The van der Waals surface area contributed by atoms with Gasteiger partial charge in [-0.15, -0.1) is 0 Å². The van der Waals surface area contributed by atoms with Crippen molar-refractivity contribution in [3.8, 4) is 0 Å². The Morgan fingerprint density at radius 3 is 2.57 bits per heavy atom. The van der Waals surface area contributed by atoms with E-state index in [9.17, 15) is 4.79 Å². The molecule has 0 bridgehead atoms. The average molecular weight is 495 g/mol. The highest BCUT2D eigenvalue weighted by atomic mass is 127. The van der Waals surface area contributed by atoms with Gasteiger partial charge in [0.1, 0.15) is 10.7 Å². The van der Waals surface area contributed by atoms with Crippen molar-refractivity contribution in [3.05, 3.63) is 71.9 Å². The summed E-state index contributed by atoms with van der Waals surface area (Å²) in [6.07, 6.45) is 1.66. The summed E-state index contributed by atoms with van der Waals surface area (Å²) >= 11 is 21.5. The number of nitrogens with zero attached hydrogens (tertiary/aromatic N) is 1. The molecule has 2 aromatic carbocycles. The zero-order valence-corrected chi connectivity index (χ0v) is 16.6. The fourth-order valence-electron chi connectivity index (χ4n) is 1.95. The van der Waals surface area contributed by atoms with E-state index >= 15 is 0 Å². The number of aliphatic imine (C=N–C) groups is 1. The molecule has 0 aromatic heterocycles. The summed E-state index contributed by atoms with van der Waals surface area (Å²) in [6.45, 7) is 0. The number of halogens is 4. The standard InChI is InChI=1S/C16H7Cl3INOS/c17-9-2-1-8(13(19)6-9)5-14-16(22)23-15(21-14)11-7-10(20)3-4-12(11)18/h1-7H/b14-5-. The molecule has 0 saturated heterocycles. The minimum atomic E-state index is -0.138. The SMILES string of the molecule is O=C1SC(c2cc(I)ccc2Cl)=N/C1=C\c1ccc(Cl)cc1Cl. The highest BCUT2D eigenvalue weighted by Gasteiger charge is 2.25. The smallest absolute Gasteiger partial charge is 0.244 e. The van der Waals surface area contributed by atoms with E-state index < -0.39 is 0 Å². The zero-order chi connectivity index (χ0) is 16.6. The second-order valence-corrected chi connectivity index (χ2v) is 8.08. The summed E-state index contributed by atoms with van der Waals surface area (Å²) < 4.78 is 1.02. The van der Waals surface area contributed by atoms with Gasteiger partial charge in [0.2, 0.25) is 5.12 Å². The van der Waals surface area contributed by atoms with Crippen LogP contribution >= 0.6 is 69.2 Å². The van der Waals surface area contributed by atoms with E-state index in [0.29, 0.717) is 31.4 Å². The third-order valence-electron chi connectivity index (χ3n) is 3.03. The molecule has 0 atom stereocenters. The molecule has 0 radical (unpaired) electrons. The van der Waals surface area contributed by atoms with Crippen molar-refractivity contribution >= 4 is 85.4 Å². The van der Waals surface area contributed by atoms with Crippen molar-refractivity contribution < 1.29 is 4.79 Å². The predicted molar refractivity (Wildman–Crippen MR) is 108 cm³/mol. The molecular formula is C16H7Cl3INOS. The Kier molecular flexibility index (Phi) is 5.38. The van der Waals surface area contributed by atoms with E-state index in [1.54, 1.807) is 30.3 Å². The molecule has 0 unspecified atom stereocenters. The lowest BCUT2D eigenvalue weighted by atomic mass is 10.2. The molecule has 2 aromatic rings. The van der Waals surface area contributed by atoms with Crippen LogP contribution in [0.1, 0.15) is 11.1 Å². The zero-order valence-electron chi connectivity index (χ0n) is 11.3. The first-order valence-corrected chi connectivity index (χ1v) is 9.40. The molecule has 7 heteroatoms. The maximum Gasteiger partial charge on any atom is 0.244 e. The fourth-order valence-corrected chi connectivity index (χ4v) is 3.98. The van der Waals surface area contributed by atoms with Gasteiger partial charge in [-0.3, -0.25) is 4.79 Å². The van der Waals surface area contributed by atoms with Crippen LogP contribution in [-0.4, -0.2) is 10.2 Å². The maximum absolute atomic E-state index is 12.2. The van der Waals surface area contributed by atoms with Crippen LogP contribution in [-0.2, 0) is 4.79 Å². The summed E-state index contributed by atoms with van der Waals surface area (Å²) in [5.74, 6) is 0. The lowest BCUT2D eigenvalue weighted by Gasteiger charge is -2.02. The quantitative estimate of drug-likeness (QED) is 0.362. The number of rotatable bonds is 2. The van der Waals surface area contributed by atoms with Crippen LogP contribution in [0.5, 0.6) is 0 Å². The van der Waals surface area contributed by atoms with Gasteiger partial charge in [0.05, 0.1) is 5.02 Å². The Balaban J connectivity index is 2.01. The Labute approximate surface area is 166 Å². The van der Waals surface area contributed by atoms with E-state index in [-0.39, 0.29) is 5.12 Å². The van der Waals surface area contributed by atoms with E-state index in [4.69, 9.17) is 34.8 Å². The summed E-state index contributed by atoms with van der Waals surface area (Å²) in [5, 5.41) is 2.03. The second kappa shape index (κ2) is 7.15. The Morgan fingerprint density at radius 1 is 1.04 bits per heavy atom. The number of carbonyl (C=O) groups is 1. The molecule has 116 valence electrons. The molecule has 1 aliphatic heterocycles. The van der Waals surface area contributed by atoms with Crippen molar-refractivity contribution in [2.45, 2.75) is 0 Å². The van der Waals surface area contributed by atoms with Crippen LogP contribution < -0.4 is 0 Å². The summed E-state index contributed by atoms with van der Waals surface area (Å²) in [6, 6.07) is 10.7. The van der Waals surface area contributed by atoms with Gasteiger partial charge >= 0.3 is 0 Å². The highest BCUT2D eigenvalue weighted by molar-refractivity contribution is 14.1. The fraction of sp³-hybridized carbons (Fsp3) is 0. The van der Waals surface area contributed by atoms with Gasteiger partial charge in [0.15, 0.2) is 0 Å². The van der Waals surface area contributed by atoms with E-state index in [1.165, 1.54) is 0 Å². The molecular weight excluding hydrogens is 488 g/mol. The van der Waals surface area contributed by atoms with Crippen LogP contribution in [0, 0.1) is 3.57 Å². The van der Waals surface area contributed by atoms with Crippen LogP contribution in [0.15, 0.2) is 47.1 Å². The van der Waals surface area contributed by atoms with Gasteiger partial charge < -0.3 is 0 Å². The molecule has 1 aliphatic rings. The number of thioether (sulfide) groups is 1. The van der Waals surface area contributed by atoms with Crippen LogP contribution in [0.2, 0.25) is 15.1 Å². The van der Waals surface area contributed by atoms with Crippen LogP contribution in [0.25, 0.3) is 6.08 Å². The average Bonchev–Trinajstić information content (AvgIpc) is 2.85. The summed E-state index contributed by atoms with van der Waals surface area (Å²) in [7, 11) is 0. The van der Waals surface area contributed by atoms with E-state index in [0.717, 1.165) is 20.9 Å². The first kappa shape index (κ1) is 17.3. The van der Waals surface area contributed by atoms with E-state index in [1.807, 2.05) is 12.1 Å². The monoisotopic (exact) mass is 493 g/mol. The summed E-state index contributed by atoms with van der Waals surface area (Å²) in [4.78, 5) is 16.6. The van der Waals surface area contributed by atoms with Crippen LogP contribution in [0.3, 0.4) is 0 Å². The molecule has 0 N–H and O–H groups in total. The molecule has 0 aliphatic carbocycles. The lowest BCUT2D eigenvalue weighted by molar-refractivity contribution is -0.107. The van der Waals surface area contributed by atoms with Gasteiger partial charge in [-0.25, -0.2) is 4.99 Å². The molecule has 3 rings (SSSR count). The molecule has 0 amide bonds. The Hall–Kier alpha value is -0.530. The normalized spacial score (nSPS) is 16.1. The molecule has 1 heterocycles. The lowest BCUT2D eigenvalue weighted by Crippen LogP contribution is -1.95. The van der Waals surface area contributed by atoms with Gasteiger partial charge in [0, 0.05) is 19.2 Å². The van der Waals surface area contributed by atoms with E-state index in [2.05, 4.69) is 27.6 Å². The van der Waals surface area contributed by atoms with Crippen molar-refractivity contribution in [1.82, 2.24) is 0 Å². The number of benzene rings is 2. The summed E-state index contributed by atoms with van der Waals surface area (Å²) in [5.41, 5.74) is 1.78. The van der Waals surface area contributed by atoms with Crippen LogP contribution in [0.4, 0.5) is 0 Å². The van der Waals surface area contributed by atoms with Crippen molar-refractivity contribution in [2.75, 3.05) is 0 Å². The number of hydrogen-bond acceptors (Lipinski definition) is 3. The first-order chi connectivity index (χ1) is 10.9. The third-order valence-corrected chi connectivity index (χ3v) is 5.50. The largest absolute Gasteiger partial charge is 0.279 e. The third kappa shape index (κ3) is 3.94. The predicted octanol–water partition coefficient (Wildman–Crippen LogP) is 6.31. The van der Waals surface area contributed by atoms with Gasteiger partial charge in [-0.05, 0) is 76.3 Å². The molecule has 2 nitrogen and oxygen atoms in total. The Bertz CT molecular complexity index is 880. The van der Waals surface area contributed by atoms with Crippen molar-refractivity contribution in [1.29, 1.82) is 0 Å². The van der Waals surface area contributed by atoms with Gasteiger partial charge in [0.25, 0.3) is 0 Å². The minimum absolute atomic E-state index is 0.138. The van der Waals surface area contributed by atoms with Gasteiger partial charge in [-0.1, -0.05) is 40.9 Å². The molecule has 0 fully saturated rings. The molecule has 0 spiro atoms. The Morgan fingerprint density at radius 2 is 1.83 bits per heavy atom. The number of carbonyl (C=O) groups excluding carboxylic acids is 1. The number of hydrogen-bond donors (Lipinski definition) is 0. The maximum atomic E-state index is 12.2. The molecule has 0 saturated carbocycles. The topological polar surface area (TPSA) is 29.4 Å². The van der Waals surface area contributed by atoms with Crippen molar-refractivity contribution in [3.63, 3.8) is 0 Å². The first-order valence-electron chi connectivity index (χ1n) is 6.37. The van der Waals surface area contributed by atoms with Crippen molar-refractivity contribution in [2.24, 2.45) is 4.99 Å².